The van der Waals surface area contributed by atoms with E-state index in [9.17, 15) is 14.4 Å². The maximum atomic E-state index is 13.2. The van der Waals surface area contributed by atoms with E-state index in [4.69, 9.17) is 0 Å². The number of aromatic nitrogens is 2. The zero-order valence-electron chi connectivity index (χ0n) is 16.7. The van der Waals surface area contributed by atoms with E-state index in [1.165, 1.54) is 20.5 Å². The van der Waals surface area contributed by atoms with Gasteiger partial charge in [-0.05, 0) is 55.8 Å². The first-order chi connectivity index (χ1) is 13.4. The lowest BCUT2D eigenvalue weighted by Gasteiger charge is -2.20. The van der Waals surface area contributed by atoms with Crippen LogP contribution in [0.15, 0.2) is 39.2 Å². The van der Waals surface area contributed by atoms with E-state index in [-0.39, 0.29) is 24.6 Å². The molecule has 0 radical (unpaired) electrons. The van der Waals surface area contributed by atoms with Crippen molar-refractivity contribution >= 4 is 27.5 Å². The number of carbonyl (C=O) groups is 1. The summed E-state index contributed by atoms with van der Waals surface area (Å²) in [6, 6.07) is 7.64. The van der Waals surface area contributed by atoms with Crippen LogP contribution < -0.4 is 11.2 Å². The highest BCUT2D eigenvalue weighted by Gasteiger charge is 2.18. The van der Waals surface area contributed by atoms with Crippen LogP contribution in [0.5, 0.6) is 0 Å². The van der Waals surface area contributed by atoms with Crippen molar-refractivity contribution in [2.45, 2.75) is 40.8 Å². The van der Waals surface area contributed by atoms with Crippen LogP contribution in [0.1, 0.15) is 30.5 Å². The first-order valence-corrected chi connectivity index (χ1v) is 10.3. The van der Waals surface area contributed by atoms with Crippen LogP contribution in [-0.4, -0.2) is 33.0 Å². The van der Waals surface area contributed by atoms with Gasteiger partial charge >= 0.3 is 5.69 Å². The zero-order chi connectivity index (χ0) is 20.4. The van der Waals surface area contributed by atoms with E-state index < -0.39 is 5.69 Å². The van der Waals surface area contributed by atoms with Crippen molar-refractivity contribution in [1.29, 1.82) is 0 Å². The highest BCUT2D eigenvalue weighted by Crippen LogP contribution is 2.16. The molecule has 7 heteroatoms. The lowest BCUT2D eigenvalue weighted by Crippen LogP contribution is -2.43. The molecule has 0 unspecified atom stereocenters. The fourth-order valence-electron chi connectivity index (χ4n) is 3.32. The summed E-state index contributed by atoms with van der Waals surface area (Å²) in [4.78, 5) is 40.4. The van der Waals surface area contributed by atoms with Crippen molar-refractivity contribution in [3.8, 4) is 0 Å². The molecule has 0 aliphatic carbocycles. The van der Waals surface area contributed by atoms with Gasteiger partial charge in [-0.25, -0.2) is 4.79 Å². The molecule has 0 fully saturated rings. The third-order valence-electron chi connectivity index (χ3n) is 5.16. The Labute approximate surface area is 167 Å². The number of aryl methyl sites for hydroxylation is 2. The zero-order valence-corrected chi connectivity index (χ0v) is 17.5. The number of amides is 1. The number of benzene rings is 1. The second-order valence-corrected chi connectivity index (χ2v) is 7.80. The van der Waals surface area contributed by atoms with E-state index in [1.807, 2.05) is 45.9 Å². The maximum absolute atomic E-state index is 13.2. The summed E-state index contributed by atoms with van der Waals surface area (Å²) in [6.07, 6.45) is 0. The molecular weight excluding hydrogens is 374 g/mol. The van der Waals surface area contributed by atoms with E-state index in [2.05, 4.69) is 0 Å². The van der Waals surface area contributed by atoms with Crippen molar-refractivity contribution in [2.75, 3.05) is 13.1 Å². The fraction of sp³-hybridized carbons (Fsp3) is 0.381. The number of carbonyl (C=O) groups excluding carboxylic acids is 1. The predicted molar refractivity (Wildman–Crippen MR) is 113 cm³/mol. The van der Waals surface area contributed by atoms with Crippen molar-refractivity contribution in [2.24, 2.45) is 0 Å². The van der Waals surface area contributed by atoms with E-state index in [1.54, 1.807) is 16.3 Å². The number of rotatable bonds is 6. The summed E-state index contributed by atoms with van der Waals surface area (Å²) in [5.41, 5.74) is 2.93. The molecule has 0 saturated carbocycles. The molecule has 0 atom stereocenters. The Bertz CT molecular complexity index is 1140. The number of hydrogen-bond acceptors (Lipinski definition) is 4. The molecule has 148 valence electrons. The highest BCUT2D eigenvalue weighted by atomic mass is 32.1. The fourth-order valence-corrected chi connectivity index (χ4v) is 4.16. The summed E-state index contributed by atoms with van der Waals surface area (Å²) in [7, 11) is 0. The average Bonchev–Trinajstić information content (AvgIpc) is 3.16. The number of nitrogens with zero attached hydrogens (tertiary/aromatic N) is 3. The molecule has 28 heavy (non-hydrogen) atoms. The van der Waals surface area contributed by atoms with Gasteiger partial charge in [-0.15, -0.1) is 11.3 Å². The van der Waals surface area contributed by atoms with Gasteiger partial charge in [0.1, 0.15) is 11.2 Å². The largest absolute Gasteiger partial charge is 0.342 e. The Morgan fingerprint density at radius 3 is 2.39 bits per heavy atom. The van der Waals surface area contributed by atoms with Crippen LogP contribution >= 0.6 is 11.3 Å². The Hall–Kier alpha value is -2.67. The van der Waals surface area contributed by atoms with Crippen LogP contribution in [0, 0.1) is 13.8 Å². The van der Waals surface area contributed by atoms with E-state index in [0.717, 1.165) is 16.7 Å². The predicted octanol–water partition coefficient (Wildman–Crippen LogP) is 2.76. The molecule has 0 saturated heterocycles. The van der Waals surface area contributed by atoms with Gasteiger partial charge in [-0.1, -0.05) is 18.2 Å². The first kappa shape index (κ1) is 20.1. The van der Waals surface area contributed by atoms with E-state index >= 15 is 0 Å². The molecule has 0 spiro atoms. The van der Waals surface area contributed by atoms with Gasteiger partial charge < -0.3 is 4.90 Å². The average molecular weight is 400 g/mol. The molecule has 2 aromatic heterocycles. The number of likely N-dealkylation sites (N-methyl/N-ethyl adjacent to an activating group) is 1. The minimum Gasteiger partial charge on any atom is -0.342 e. The van der Waals surface area contributed by atoms with Gasteiger partial charge in [0.15, 0.2) is 0 Å². The van der Waals surface area contributed by atoms with Gasteiger partial charge in [-0.2, -0.15) is 0 Å². The summed E-state index contributed by atoms with van der Waals surface area (Å²) < 4.78 is 3.16. The van der Waals surface area contributed by atoms with Gasteiger partial charge in [0.25, 0.3) is 5.56 Å². The van der Waals surface area contributed by atoms with Crippen LogP contribution in [0.2, 0.25) is 0 Å². The molecule has 3 aromatic rings. The Balaban J connectivity index is 2.11. The minimum atomic E-state index is -0.449. The van der Waals surface area contributed by atoms with Gasteiger partial charge in [0.2, 0.25) is 5.91 Å². The summed E-state index contributed by atoms with van der Waals surface area (Å²) >= 11 is 1.30. The van der Waals surface area contributed by atoms with Crippen LogP contribution in [0.3, 0.4) is 0 Å². The topological polar surface area (TPSA) is 64.3 Å². The quantitative estimate of drug-likeness (QED) is 0.640. The molecule has 0 bridgehead atoms. The Kier molecular flexibility index (Phi) is 5.84. The smallest absolute Gasteiger partial charge is 0.332 e. The molecule has 0 N–H and O–H groups in total. The first-order valence-electron chi connectivity index (χ1n) is 9.42. The lowest BCUT2D eigenvalue weighted by molar-refractivity contribution is -0.131. The molecule has 1 aromatic carbocycles. The number of fused-ring (bicyclic) bond motifs is 1. The van der Waals surface area contributed by atoms with Crippen molar-refractivity contribution in [1.82, 2.24) is 14.0 Å². The van der Waals surface area contributed by atoms with Crippen LogP contribution in [-0.2, 0) is 17.9 Å². The molecule has 2 heterocycles. The summed E-state index contributed by atoms with van der Waals surface area (Å²) in [6.45, 7) is 9.13. The number of hydrogen-bond donors (Lipinski definition) is 0. The number of thiophene rings is 1. The van der Waals surface area contributed by atoms with Gasteiger partial charge in [0, 0.05) is 13.1 Å². The van der Waals surface area contributed by atoms with Crippen molar-refractivity contribution in [3.05, 3.63) is 67.2 Å². The normalized spacial score (nSPS) is 11.1. The summed E-state index contributed by atoms with van der Waals surface area (Å²) in [5, 5.41) is 1.78. The van der Waals surface area contributed by atoms with E-state index in [0.29, 0.717) is 23.3 Å². The van der Waals surface area contributed by atoms with Crippen molar-refractivity contribution < 1.29 is 4.79 Å². The third-order valence-corrected chi connectivity index (χ3v) is 6.05. The van der Waals surface area contributed by atoms with Crippen molar-refractivity contribution in [3.63, 3.8) is 0 Å². The van der Waals surface area contributed by atoms with Crippen LogP contribution in [0.4, 0.5) is 0 Å². The maximum Gasteiger partial charge on any atom is 0.332 e. The van der Waals surface area contributed by atoms with Gasteiger partial charge in [0.05, 0.1) is 12.1 Å². The second-order valence-electron chi connectivity index (χ2n) is 6.88. The molecule has 0 aliphatic heterocycles. The standard InChI is InChI=1S/C21H25N3O3S/c1-5-22(6-2)18(25)13-23-17-9-10-28-19(17)20(26)24(21(23)27)12-16-8-7-14(3)15(4)11-16/h7-11H,5-6,12-13H2,1-4H3. The molecule has 1 amide bonds. The second kappa shape index (κ2) is 8.14. The third kappa shape index (κ3) is 3.67. The molecule has 6 nitrogen and oxygen atoms in total. The minimum absolute atomic E-state index is 0.0685. The molecule has 0 aliphatic rings. The molecular formula is C21H25N3O3S. The summed E-state index contributed by atoms with van der Waals surface area (Å²) in [5.74, 6) is -0.129. The monoisotopic (exact) mass is 399 g/mol. The Morgan fingerprint density at radius 1 is 1.04 bits per heavy atom. The van der Waals surface area contributed by atoms with Crippen LogP contribution in [0.25, 0.3) is 10.2 Å². The SMILES string of the molecule is CCN(CC)C(=O)Cn1c(=O)n(Cc2ccc(C)c(C)c2)c(=O)c2sccc21. The highest BCUT2D eigenvalue weighted by molar-refractivity contribution is 7.17. The lowest BCUT2D eigenvalue weighted by atomic mass is 10.1. The van der Waals surface area contributed by atoms with Gasteiger partial charge in [-0.3, -0.25) is 18.7 Å². The Morgan fingerprint density at radius 2 is 1.75 bits per heavy atom. The molecule has 3 rings (SSSR count).